The van der Waals surface area contributed by atoms with Gasteiger partial charge in [-0.25, -0.2) is 9.59 Å². The average molecular weight is 346 g/mol. The summed E-state index contributed by atoms with van der Waals surface area (Å²) in [4.78, 5) is 49.4. The summed E-state index contributed by atoms with van der Waals surface area (Å²) in [6, 6.07) is 7.57. The Bertz CT molecular complexity index is 676. The number of amides is 6. The molecule has 2 rings (SSSR count). The van der Waals surface area contributed by atoms with E-state index in [0.29, 0.717) is 18.5 Å². The normalized spacial score (nSPS) is 19.5. The van der Waals surface area contributed by atoms with Crippen LogP contribution in [0.5, 0.6) is 0 Å². The Morgan fingerprint density at radius 1 is 1.16 bits per heavy atom. The van der Waals surface area contributed by atoms with Crippen LogP contribution in [0.3, 0.4) is 0 Å². The Morgan fingerprint density at radius 3 is 2.44 bits per heavy atom. The van der Waals surface area contributed by atoms with Crippen molar-refractivity contribution in [2.75, 3.05) is 13.1 Å². The maximum absolute atomic E-state index is 12.8. The zero-order chi connectivity index (χ0) is 18.4. The third-order valence-corrected chi connectivity index (χ3v) is 4.06. The van der Waals surface area contributed by atoms with Crippen LogP contribution in [0.1, 0.15) is 32.3 Å². The van der Waals surface area contributed by atoms with Crippen molar-refractivity contribution in [2.45, 2.75) is 32.2 Å². The van der Waals surface area contributed by atoms with Crippen LogP contribution in [0.4, 0.5) is 9.59 Å². The number of rotatable bonds is 6. The fraction of sp³-hybridized carbons (Fsp3) is 0.412. The molecular weight excluding hydrogens is 324 g/mol. The van der Waals surface area contributed by atoms with Crippen LogP contribution in [0.15, 0.2) is 30.3 Å². The van der Waals surface area contributed by atoms with E-state index in [1.54, 1.807) is 31.2 Å². The summed E-state index contributed by atoms with van der Waals surface area (Å²) in [5, 5.41) is 7.28. The molecule has 8 nitrogen and oxygen atoms in total. The number of benzene rings is 1. The van der Waals surface area contributed by atoms with E-state index in [4.69, 9.17) is 0 Å². The van der Waals surface area contributed by atoms with Gasteiger partial charge < -0.3 is 10.6 Å². The first-order valence-electron chi connectivity index (χ1n) is 8.22. The van der Waals surface area contributed by atoms with Crippen LogP contribution >= 0.6 is 0 Å². The Morgan fingerprint density at radius 2 is 1.84 bits per heavy atom. The second kappa shape index (κ2) is 7.78. The van der Waals surface area contributed by atoms with Gasteiger partial charge in [-0.1, -0.05) is 44.2 Å². The van der Waals surface area contributed by atoms with E-state index in [-0.39, 0.29) is 0 Å². The predicted octanol–water partition coefficient (Wildman–Crippen LogP) is 1.08. The number of hydrogen-bond acceptors (Lipinski definition) is 4. The average Bonchev–Trinajstić information content (AvgIpc) is 2.85. The minimum atomic E-state index is -1.19. The standard InChI is InChI=1S/C17H22N4O4/c1-3-10-18-15(24)19-13(22)11-21-14(23)17(4-2,20-16(21)25)12-8-6-5-7-9-12/h5-9H,3-4,10-11H2,1-2H3,(H,20,25)(H2,18,19,22,24). The van der Waals surface area contributed by atoms with E-state index in [9.17, 15) is 19.2 Å². The van der Waals surface area contributed by atoms with E-state index in [0.717, 1.165) is 11.3 Å². The van der Waals surface area contributed by atoms with Crippen molar-refractivity contribution in [1.29, 1.82) is 0 Å². The molecule has 1 atom stereocenters. The first-order chi connectivity index (χ1) is 11.9. The summed E-state index contributed by atoms with van der Waals surface area (Å²) >= 11 is 0. The summed E-state index contributed by atoms with van der Waals surface area (Å²) in [6.45, 7) is 3.57. The zero-order valence-electron chi connectivity index (χ0n) is 14.3. The number of imide groups is 2. The highest BCUT2D eigenvalue weighted by Gasteiger charge is 2.51. The highest BCUT2D eigenvalue weighted by atomic mass is 16.2. The van der Waals surface area contributed by atoms with Crippen molar-refractivity contribution < 1.29 is 19.2 Å². The van der Waals surface area contributed by atoms with E-state index >= 15 is 0 Å². The van der Waals surface area contributed by atoms with Gasteiger partial charge in [-0.3, -0.25) is 19.8 Å². The van der Waals surface area contributed by atoms with Gasteiger partial charge >= 0.3 is 12.1 Å². The molecular formula is C17H22N4O4. The monoisotopic (exact) mass is 346 g/mol. The van der Waals surface area contributed by atoms with Crippen LogP contribution in [-0.2, 0) is 15.1 Å². The molecule has 134 valence electrons. The molecule has 1 saturated heterocycles. The minimum absolute atomic E-state index is 0.344. The molecule has 1 aliphatic rings. The molecule has 1 unspecified atom stereocenters. The molecule has 1 aliphatic heterocycles. The topological polar surface area (TPSA) is 108 Å². The molecule has 0 spiro atoms. The molecule has 1 aromatic carbocycles. The van der Waals surface area contributed by atoms with Crippen LogP contribution in [0.2, 0.25) is 0 Å². The van der Waals surface area contributed by atoms with Crippen molar-refractivity contribution in [3.05, 3.63) is 35.9 Å². The molecule has 6 amide bonds. The van der Waals surface area contributed by atoms with Gasteiger partial charge in [0.15, 0.2) is 0 Å². The lowest BCUT2D eigenvalue weighted by Gasteiger charge is -2.25. The van der Waals surface area contributed by atoms with Gasteiger partial charge in [-0.2, -0.15) is 0 Å². The van der Waals surface area contributed by atoms with E-state index in [1.165, 1.54) is 0 Å². The van der Waals surface area contributed by atoms with Crippen molar-refractivity contribution in [2.24, 2.45) is 0 Å². The third-order valence-electron chi connectivity index (χ3n) is 4.06. The van der Waals surface area contributed by atoms with Gasteiger partial charge in [-0.15, -0.1) is 0 Å². The Hall–Kier alpha value is -2.90. The summed E-state index contributed by atoms with van der Waals surface area (Å²) < 4.78 is 0. The first-order valence-corrected chi connectivity index (χ1v) is 8.22. The van der Waals surface area contributed by atoms with Crippen molar-refractivity contribution in [1.82, 2.24) is 20.9 Å². The van der Waals surface area contributed by atoms with Gasteiger partial charge in [0.05, 0.1) is 0 Å². The summed E-state index contributed by atoms with van der Waals surface area (Å²) in [5.74, 6) is -1.23. The van der Waals surface area contributed by atoms with Gasteiger partial charge in [0, 0.05) is 6.54 Å². The Kier molecular flexibility index (Phi) is 5.74. The molecule has 1 heterocycles. The minimum Gasteiger partial charge on any atom is -0.338 e. The second-order valence-electron chi connectivity index (χ2n) is 5.75. The van der Waals surface area contributed by atoms with Gasteiger partial charge in [0.2, 0.25) is 5.91 Å². The summed E-state index contributed by atoms with van der Waals surface area (Å²) in [6.07, 6.45) is 1.07. The molecule has 0 radical (unpaired) electrons. The quantitative estimate of drug-likeness (QED) is 0.670. The van der Waals surface area contributed by atoms with Crippen molar-refractivity contribution in [3.8, 4) is 0 Å². The molecule has 0 aromatic heterocycles. The highest BCUT2D eigenvalue weighted by molar-refractivity contribution is 6.10. The molecule has 0 bridgehead atoms. The number of urea groups is 2. The molecule has 0 saturated carbocycles. The molecule has 1 aromatic rings. The zero-order valence-corrected chi connectivity index (χ0v) is 14.3. The van der Waals surface area contributed by atoms with Crippen LogP contribution in [0, 0.1) is 0 Å². The van der Waals surface area contributed by atoms with Gasteiger partial charge in [0.25, 0.3) is 5.91 Å². The van der Waals surface area contributed by atoms with Crippen LogP contribution in [0.25, 0.3) is 0 Å². The number of nitrogens with one attached hydrogen (secondary N) is 3. The smallest absolute Gasteiger partial charge is 0.325 e. The van der Waals surface area contributed by atoms with E-state index < -0.39 is 36.0 Å². The molecule has 3 N–H and O–H groups in total. The Labute approximate surface area is 145 Å². The lowest BCUT2D eigenvalue weighted by Crippen LogP contribution is -2.47. The SMILES string of the molecule is CCCNC(=O)NC(=O)CN1C(=O)NC(CC)(c2ccccc2)C1=O. The highest BCUT2D eigenvalue weighted by Crippen LogP contribution is 2.32. The largest absolute Gasteiger partial charge is 0.338 e. The summed E-state index contributed by atoms with van der Waals surface area (Å²) in [5.41, 5.74) is -0.539. The lowest BCUT2D eigenvalue weighted by atomic mass is 9.87. The molecule has 25 heavy (non-hydrogen) atoms. The van der Waals surface area contributed by atoms with Crippen LogP contribution in [-0.4, -0.2) is 41.9 Å². The number of hydrogen-bond donors (Lipinski definition) is 3. The third kappa shape index (κ3) is 3.78. The fourth-order valence-electron chi connectivity index (χ4n) is 2.72. The first kappa shape index (κ1) is 18.4. The second-order valence-corrected chi connectivity index (χ2v) is 5.75. The summed E-state index contributed by atoms with van der Waals surface area (Å²) in [7, 11) is 0. The van der Waals surface area contributed by atoms with Gasteiger partial charge in [-0.05, 0) is 18.4 Å². The van der Waals surface area contributed by atoms with Crippen molar-refractivity contribution >= 4 is 23.9 Å². The number of nitrogens with zero attached hydrogens (tertiary/aromatic N) is 1. The number of carbonyl (C=O) groups excluding carboxylic acids is 4. The van der Waals surface area contributed by atoms with Crippen LogP contribution < -0.4 is 16.0 Å². The lowest BCUT2D eigenvalue weighted by molar-refractivity contribution is -0.135. The van der Waals surface area contributed by atoms with E-state index in [1.807, 2.05) is 13.0 Å². The van der Waals surface area contributed by atoms with E-state index in [2.05, 4.69) is 16.0 Å². The van der Waals surface area contributed by atoms with Crippen molar-refractivity contribution in [3.63, 3.8) is 0 Å². The maximum atomic E-state index is 12.8. The molecule has 8 heteroatoms. The maximum Gasteiger partial charge on any atom is 0.325 e. The fourth-order valence-corrected chi connectivity index (χ4v) is 2.72. The molecule has 0 aliphatic carbocycles. The predicted molar refractivity (Wildman–Crippen MR) is 90.5 cm³/mol. The Balaban J connectivity index is 2.10. The molecule has 1 fully saturated rings. The van der Waals surface area contributed by atoms with Gasteiger partial charge in [0.1, 0.15) is 12.1 Å². The number of carbonyl (C=O) groups is 4.